The van der Waals surface area contributed by atoms with Gasteiger partial charge in [-0.2, -0.15) is 5.10 Å². The standard InChI is InChI=1S/C21H28N6O2/c1-4-7-22-20(28)13-26-8-5-6-16(12-26)21-17(18-9-15(3)25-29-18)11-23-19-10-14(2)24-27(19)21/h9-11,16H,4-8,12-13H2,1-3H3,(H,22,28). The van der Waals surface area contributed by atoms with Gasteiger partial charge in [0.05, 0.1) is 29.2 Å². The van der Waals surface area contributed by atoms with E-state index in [0.717, 1.165) is 67.2 Å². The second-order valence-electron chi connectivity index (χ2n) is 7.87. The monoisotopic (exact) mass is 396 g/mol. The number of hydrogen-bond donors (Lipinski definition) is 1. The molecule has 8 nitrogen and oxygen atoms in total. The van der Waals surface area contributed by atoms with Crippen molar-refractivity contribution in [1.82, 2.24) is 30.0 Å². The lowest BCUT2D eigenvalue weighted by atomic mass is 9.91. The number of carbonyl (C=O) groups excluding carboxylic acids is 1. The summed E-state index contributed by atoms with van der Waals surface area (Å²) in [6, 6.07) is 3.92. The number of nitrogens with one attached hydrogen (secondary N) is 1. The molecule has 0 spiro atoms. The Labute approximate surface area is 170 Å². The first-order valence-corrected chi connectivity index (χ1v) is 10.3. The average Bonchev–Trinajstić information content (AvgIpc) is 3.30. The number of aromatic nitrogens is 4. The number of nitrogens with zero attached hydrogens (tertiary/aromatic N) is 5. The molecular weight excluding hydrogens is 368 g/mol. The van der Waals surface area contributed by atoms with Crippen molar-refractivity contribution in [1.29, 1.82) is 0 Å². The number of hydrogen-bond acceptors (Lipinski definition) is 6. The predicted octanol–water partition coefficient (Wildman–Crippen LogP) is 2.71. The maximum absolute atomic E-state index is 12.2. The lowest BCUT2D eigenvalue weighted by Gasteiger charge is -2.33. The molecule has 0 radical (unpaired) electrons. The van der Waals surface area contributed by atoms with Crippen LogP contribution in [-0.2, 0) is 4.79 Å². The van der Waals surface area contributed by atoms with E-state index >= 15 is 0 Å². The number of rotatable bonds is 6. The molecule has 0 saturated carbocycles. The minimum absolute atomic E-state index is 0.0911. The minimum atomic E-state index is 0.0911. The smallest absolute Gasteiger partial charge is 0.234 e. The van der Waals surface area contributed by atoms with E-state index in [1.165, 1.54) is 0 Å². The van der Waals surface area contributed by atoms with Crippen LogP contribution in [0.25, 0.3) is 17.0 Å². The van der Waals surface area contributed by atoms with Crippen LogP contribution in [0.5, 0.6) is 0 Å². The second kappa shape index (κ2) is 8.32. The molecular formula is C21H28N6O2. The van der Waals surface area contributed by atoms with Crippen LogP contribution in [0, 0.1) is 13.8 Å². The van der Waals surface area contributed by atoms with E-state index < -0.39 is 0 Å². The highest BCUT2D eigenvalue weighted by atomic mass is 16.5. The van der Waals surface area contributed by atoms with Gasteiger partial charge in [0.1, 0.15) is 0 Å². The molecule has 0 bridgehead atoms. The van der Waals surface area contributed by atoms with Gasteiger partial charge in [-0.3, -0.25) is 9.69 Å². The van der Waals surface area contributed by atoms with Crippen molar-refractivity contribution in [3.8, 4) is 11.3 Å². The molecule has 3 aromatic heterocycles. The zero-order valence-electron chi connectivity index (χ0n) is 17.3. The Balaban J connectivity index is 1.67. The lowest BCUT2D eigenvalue weighted by molar-refractivity contribution is -0.122. The number of piperidine rings is 1. The van der Waals surface area contributed by atoms with Gasteiger partial charge < -0.3 is 9.84 Å². The summed E-state index contributed by atoms with van der Waals surface area (Å²) >= 11 is 0. The molecule has 1 aliphatic heterocycles. The van der Waals surface area contributed by atoms with Crippen molar-refractivity contribution in [2.75, 3.05) is 26.2 Å². The van der Waals surface area contributed by atoms with Crippen molar-refractivity contribution in [2.45, 2.75) is 46.0 Å². The number of carbonyl (C=O) groups is 1. The maximum Gasteiger partial charge on any atom is 0.234 e. The van der Waals surface area contributed by atoms with Gasteiger partial charge in [-0.05, 0) is 39.7 Å². The molecule has 29 heavy (non-hydrogen) atoms. The molecule has 1 unspecified atom stereocenters. The highest BCUT2D eigenvalue weighted by molar-refractivity contribution is 5.78. The van der Waals surface area contributed by atoms with E-state index in [4.69, 9.17) is 9.62 Å². The highest BCUT2D eigenvalue weighted by Crippen LogP contribution is 2.34. The fourth-order valence-corrected chi connectivity index (χ4v) is 4.08. The van der Waals surface area contributed by atoms with E-state index in [9.17, 15) is 4.79 Å². The molecule has 1 amide bonds. The third kappa shape index (κ3) is 4.17. The van der Waals surface area contributed by atoms with Crippen LogP contribution in [0.2, 0.25) is 0 Å². The second-order valence-corrected chi connectivity index (χ2v) is 7.87. The van der Waals surface area contributed by atoms with E-state index in [0.29, 0.717) is 12.3 Å². The predicted molar refractivity (Wildman–Crippen MR) is 110 cm³/mol. The molecule has 0 aliphatic carbocycles. The molecule has 1 atom stereocenters. The van der Waals surface area contributed by atoms with E-state index in [2.05, 4.69) is 27.3 Å². The van der Waals surface area contributed by atoms with Crippen LogP contribution in [-0.4, -0.2) is 56.7 Å². The molecule has 4 rings (SSSR count). The van der Waals surface area contributed by atoms with Gasteiger partial charge in [-0.25, -0.2) is 9.50 Å². The van der Waals surface area contributed by atoms with Gasteiger partial charge in [0.15, 0.2) is 11.4 Å². The van der Waals surface area contributed by atoms with Crippen molar-refractivity contribution < 1.29 is 9.32 Å². The fraction of sp³-hybridized carbons (Fsp3) is 0.524. The molecule has 1 aliphatic rings. The maximum atomic E-state index is 12.2. The summed E-state index contributed by atoms with van der Waals surface area (Å²) in [4.78, 5) is 19.0. The Kier molecular flexibility index (Phi) is 5.62. The summed E-state index contributed by atoms with van der Waals surface area (Å²) in [6.07, 6.45) is 4.87. The SMILES string of the molecule is CCCNC(=O)CN1CCCC(c2c(-c3cc(C)no3)cnc3cc(C)nn23)C1. The summed E-state index contributed by atoms with van der Waals surface area (Å²) in [5.41, 5.74) is 4.59. The topological polar surface area (TPSA) is 88.6 Å². The summed E-state index contributed by atoms with van der Waals surface area (Å²) in [5.74, 6) is 1.03. The third-order valence-corrected chi connectivity index (χ3v) is 5.37. The normalized spacial score (nSPS) is 17.7. The Morgan fingerprint density at radius 3 is 2.93 bits per heavy atom. The Morgan fingerprint density at radius 1 is 1.31 bits per heavy atom. The minimum Gasteiger partial charge on any atom is -0.356 e. The third-order valence-electron chi connectivity index (χ3n) is 5.37. The summed E-state index contributed by atoms with van der Waals surface area (Å²) in [7, 11) is 0. The van der Waals surface area contributed by atoms with E-state index in [1.54, 1.807) is 0 Å². The van der Waals surface area contributed by atoms with Crippen LogP contribution >= 0.6 is 0 Å². The van der Waals surface area contributed by atoms with Crippen LogP contribution in [0.3, 0.4) is 0 Å². The van der Waals surface area contributed by atoms with Gasteiger partial charge in [0.25, 0.3) is 0 Å². The van der Waals surface area contributed by atoms with Crippen molar-refractivity contribution in [2.24, 2.45) is 0 Å². The molecule has 3 aromatic rings. The van der Waals surface area contributed by atoms with Crippen LogP contribution in [0.1, 0.15) is 49.2 Å². The van der Waals surface area contributed by atoms with Gasteiger partial charge in [0, 0.05) is 37.3 Å². The van der Waals surface area contributed by atoms with E-state index in [1.807, 2.05) is 36.7 Å². The Morgan fingerprint density at radius 2 is 2.17 bits per heavy atom. The first kappa shape index (κ1) is 19.6. The van der Waals surface area contributed by atoms with Crippen LogP contribution in [0.15, 0.2) is 22.9 Å². The molecule has 4 heterocycles. The number of fused-ring (bicyclic) bond motifs is 1. The van der Waals surface area contributed by atoms with Crippen molar-refractivity contribution in [3.63, 3.8) is 0 Å². The average molecular weight is 396 g/mol. The molecule has 154 valence electrons. The highest BCUT2D eigenvalue weighted by Gasteiger charge is 2.29. The zero-order chi connectivity index (χ0) is 20.4. The molecule has 0 aromatic carbocycles. The quantitative estimate of drug-likeness (QED) is 0.689. The number of likely N-dealkylation sites (tertiary alicyclic amines) is 1. The first-order valence-electron chi connectivity index (χ1n) is 10.3. The van der Waals surface area contributed by atoms with Gasteiger partial charge >= 0.3 is 0 Å². The molecule has 1 N–H and O–H groups in total. The van der Waals surface area contributed by atoms with Crippen molar-refractivity contribution >= 4 is 11.6 Å². The Hall–Kier alpha value is -2.74. The van der Waals surface area contributed by atoms with Crippen molar-refractivity contribution in [3.05, 3.63) is 35.4 Å². The number of aryl methyl sites for hydroxylation is 2. The summed E-state index contributed by atoms with van der Waals surface area (Å²) in [5, 5.41) is 11.7. The Bertz CT molecular complexity index is 1010. The lowest BCUT2D eigenvalue weighted by Crippen LogP contribution is -2.42. The van der Waals surface area contributed by atoms with Gasteiger partial charge in [-0.1, -0.05) is 12.1 Å². The van der Waals surface area contributed by atoms with Gasteiger partial charge in [-0.15, -0.1) is 0 Å². The van der Waals surface area contributed by atoms with Gasteiger partial charge in [0.2, 0.25) is 5.91 Å². The number of amides is 1. The fourth-order valence-electron chi connectivity index (χ4n) is 4.08. The summed E-state index contributed by atoms with van der Waals surface area (Å²) in [6.45, 7) is 8.83. The first-order chi connectivity index (χ1) is 14.0. The molecule has 1 saturated heterocycles. The molecule has 8 heteroatoms. The molecule has 1 fully saturated rings. The van der Waals surface area contributed by atoms with E-state index in [-0.39, 0.29) is 11.8 Å². The zero-order valence-corrected chi connectivity index (χ0v) is 17.3. The largest absolute Gasteiger partial charge is 0.356 e. The van der Waals surface area contributed by atoms with Crippen LogP contribution in [0.4, 0.5) is 0 Å². The van der Waals surface area contributed by atoms with Crippen LogP contribution < -0.4 is 5.32 Å². The summed E-state index contributed by atoms with van der Waals surface area (Å²) < 4.78 is 7.50.